The van der Waals surface area contributed by atoms with Gasteiger partial charge in [0.25, 0.3) is 0 Å². The van der Waals surface area contributed by atoms with E-state index in [1.165, 1.54) is 28.0 Å². The highest BCUT2D eigenvalue weighted by atomic mass is 32.1. The Balaban J connectivity index is 1.55. The van der Waals surface area contributed by atoms with Crippen LogP contribution in [0.15, 0.2) is 53.9 Å². The summed E-state index contributed by atoms with van der Waals surface area (Å²) >= 11 is 1.54. The molecule has 5 heteroatoms. The van der Waals surface area contributed by atoms with Crippen LogP contribution in [0.1, 0.15) is 54.2 Å². The fourth-order valence-corrected chi connectivity index (χ4v) is 4.20. The Morgan fingerprint density at radius 1 is 1.07 bits per heavy atom. The lowest BCUT2D eigenvalue weighted by Gasteiger charge is -2.23. The summed E-state index contributed by atoms with van der Waals surface area (Å²) in [6, 6.07) is 16.9. The van der Waals surface area contributed by atoms with Gasteiger partial charge in [0.15, 0.2) is 0 Å². The molecule has 0 aliphatic heterocycles. The van der Waals surface area contributed by atoms with Gasteiger partial charge in [-0.2, -0.15) is 0 Å². The molecule has 0 saturated heterocycles. The van der Waals surface area contributed by atoms with Crippen LogP contribution in [0.3, 0.4) is 0 Å². The van der Waals surface area contributed by atoms with Crippen molar-refractivity contribution in [1.82, 2.24) is 10.3 Å². The summed E-state index contributed by atoms with van der Waals surface area (Å²) in [6.45, 7) is 9.35. The molecule has 0 aliphatic carbocycles. The molecule has 1 atom stereocenters. The highest BCUT2D eigenvalue weighted by Crippen LogP contribution is 2.23. The Morgan fingerprint density at radius 2 is 1.77 bits per heavy atom. The van der Waals surface area contributed by atoms with Crippen molar-refractivity contribution in [2.75, 3.05) is 5.32 Å². The van der Waals surface area contributed by atoms with E-state index in [0.29, 0.717) is 18.9 Å². The lowest BCUT2D eigenvalue weighted by molar-refractivity contribution is -0.115. The lowest BCUT2D eigenvalue weighted by Crippen LogP contribution is -2.25. The van der Waals surface area contributed by atoms with Crippen molar-refractivity contribution in [2.45, 2.75) is 53.1 Å². The van der Waals surface area contributed by atoms with Gasteiger partial charge in [0, 0.05) is 23.7 Å². The molecule has 3 aromatic rings. The summed E-state index contributed by atoms with van der Waals surface area (Å²) < 4.78 is 0. The molecule has 4 nitrogen and oxygen atoms in total. The molecule has 2 aromatic carbocycles. The summed E-state index contributed by atoms with van der Waals surface area (Å²) in [5.41, 5.74) is 5.63. The van der Waals surface area contributed by atoms with Crippen LogP contribution in [0.4, 0.5) is 5.69 Å². The van der Waals surface area contributed by atoms with Gasteiger partial charge in [-0.1, -0.05) is 62.7 Å². The van der Waals surface area contributed by atoms with Crippen LogP contribution in [-0.2, 0) is 24.2 Å². The molecule has 1 aromatic heterocycles. The summed E-state index contributed by atoms with van der Waals surface area (Å²) in [5, 5.41) is 9.46. The molecule has 158 valence electrons. The lowest BCUT2D eigenvalue weighted by atomic mass is 9.95. The van der Waals surface area contributed by atoms with Crippen molar-refractivity contribution in [2.24, 2.45) is 5.92 Å². The van der Waals surface area contributed by atoms with Crippen LogP contribution in [0.5, 0.6) is 0 Å². The Labute approximate surface area is 183 Å². The highest BCUT2D eigenvalue weighted by molar-refractivity contribution is 7.09. The minimum Gasteiger partial charge on any atom is -0.326 e. The van der Waals surface area contributed by atoms with E-state index in [4.69, 9.17) is 0 Å². The first-order valence-electron chi connectivity index (χ1n) is 10.6. The van der Waals surface area contributed by atoms with Gasteiger partial charge >= 0.3 is 0 Å². The van der Waals surface area contributed by atoms with E-state index in [2.05, 4.69) is 60.7 Å². The zero-order valence-electron chi connectivity index (χ0n) is 18.2. The molecule has 0 bridgehead atoms. The van der Waals surface area contributed by atoms with Crippen molar-refractivity contribution < 1.29 is 4.79 Å². The maximum atomic E-state index is 12.3. The van der Waals surface area contributed by atoms with Crippen LogP contribution < -0.4 is 10.6 Å². The summed E-state index contributed by atoms with van der Waals surface area (Å²) in [5.74, 6) is 0.430. The van der Waals surface area contributed by atoms with Crippen LogP contribution in [0.2, 0.25) is 0 Å². The van der Waals surface area contributed by atoms with Gasteiger partial charge in [-0.25, -0.2) is 4.98 Å². The Morgan fingerprint density at radius 3 is 2.40 bits per heavy atom. The summed E-state index contributed by atoms with van der Waals surface area (Å²) in [7, 11) is 0. The topological polar surface area (TPSA) is 54.0 Å². The second-order valence-electron chi connectivity index (χ2n) is 8.02. The Kier molecular flexibility index (Phi) is 7.77. The normalized spacial score (nSPS) is 12.2. The van der Waals surface area contributed by atoms with Crippen molar-refractivity contribution in [1.29, 1.82) is 0 Å². The van der Waals surface area contributed by atoms with Crippen molar-refractivity contribution in [3.8, 4) is 0 Å². The fourth-order valence-electron chi connectivity index (χ4n) is 3.40. The molecule has 0 fully saturated rings. The number of aromatic nitrogens is 1. The van der Waals surface area contributed by atoms with Crippen molar-refractivity contribution in [3.05, 3.63) is 81.3 Å². The average Bonchev–Trinajstić information content (AvgIpc) is 3.17. The molecule has 1 amide bonds. The number of nitrogens with zero attached hydrogens (tertiary/aromatic N) is 1. The fraction of sp³-hybridized carbons (Fsp3) is 0.360. The molecule has 3 rings (SSSR count). The van der Waals surface area contributed by atoms with E-state index in [-0.39, 0.29) is 11.9 Å². The van der Waals surface area contributed by atoms with E-state index in [1.54, 1.807) is 0 Å². The zero-order chi connectivity index (χ0) is 21.5. The number of thiazole rings is 1. The molecular formula is C25H31N3OS. The van der Waals surface area contributed by atoms with E-state index in [9.17, 15) is 4.79 Å². The largest absolute Gasteiger partial charge is 0.326 e. The van der Waals surface area contributed by atoms with Crippen LogP contribution in [0, 0.1) is 12.8 Å². The van der Waals surface area contributed by atoms with E-state index in [1.807, 2.05) is 36.6 Å². The zero-order valence-corrected chi connectivity index (χ0v) is 19.1. The number of carbonyl (C=O) groups excluding carboxylic acids is 1. The van der Waals surface area contributed by atoms with Gasteiger partial charge in [-0.3, -0.25) is 4.79 Å². The number of amides is 1. The average molecular weight is 422 g/mol. The first-order valence-corrected chi connectivity index (χ1v) is 11.4. The number of aryl methyl sites for hydroxylation is 2. The Hall–Kier alpha value is -2.50. The van der Waals surface area contributed by atoms with Crippen LogP contribution in [-0.4, -0.2) is 10.9 Å². The van der Waals surface area contributed by atoms with Crippen molar-refractivity contribution in [3.63, 3.8) is 0 Å². The first-order chi connectivity index (χ1) is 14.4. The van der Waals surface area contributed by atoms with Crippen LogP contribution in [0.25, 0.3) is 0 Å². The molecule has 0 aliphatic rings. The quantitative estimate of drug-likeness (QED) is 0.467. The van der Waals surface area contributed by atoms with Gasteiger partial charge in [0.1, 0.15) is 5.01 Å². The molecule has 0 saturated carbocycles. The summed E-state index contributed by atoms with van der Waals surface area (Å²) in [6.07, 6.45) is 1.35. The predicted molar refractivity (Wildman–Crippen MR) is 126 cm³/mol. The molecule has 0 spiro atoms. The molecule has 0 radical (unpaired) electrons. The first kappa shape index (κ1) is 22.2. The maximum Gasteiger partial charge on any atom is 0.231 e. The Bertz CT molecular complexity index is 945. The number of hydrogen-bond donors (Lipinski definition) is 2. The summed E-state index contributed by atoms with van der Waals surface area (Å²) in [4.78, 5) is 17.0. The number of benzene rings is 2. The predicted octanol–water partition coefficient (Wildman–Crippen LogP) is 5.68. The van der Waals surface area contributed by atoms with E-state index >= 15 is 0 Å². The van der Waals surface area contributed by atoms with Gasteiger partial charge in [0.05, 0.1) is 12.1 Å². The van der Waals surface area contributed by atoms with E-state index in [0.717, 1.165) is 22.8 Å². The SMILES string of the molecule is CCc1ccc(C(NCc2csc(CC(=O)Nc3ccc(C)cc3)n2)C(C)C)cc1. The number of rotatable bonds is 9. The third-order valence-corrected chi connectivity index (χ3v) is 6.06. The standard InChI is InChI=1S/C25H31N3OS/c1-5-19-8-10-20(11-9-19)25(17(2)3)26-15-22-16-30-24(28-22)14-23(29)27-21-12-6-18(4)7-13-21/h6-13,16-17,25-26H,5,14-15H2,1-4H3,(H,27,29). The van der Waals surface area contributed by atoms with E-state index < -0.39 is 0 Å². The third-order valence-electron chi connectivity index (χ3n) is 5.16. The molecule has 1 heterocycles. The second kappa shape index (κ2) is 10.5. The highest BCUT2D eigenvalue weighted by Gasteiger charge is 2.16. The molecule has 1 unspecified atom stereocenters. The van der Waals surface area contributed by atoms with Gasteiger partial charge in [-0.15, -0.1) is 11.3 Å². The van der Waals surface area contributed by atoms with Gasteiger partial charge in [0.2, 0.25) is 5.91 Å². The van der Waals surface area contributed by atoms with Gasteiger partial charge < -0.3 is 10.6 Å². The second-order valence-corrected chi connectivity index (χ2v) is 8.96. The number of nitrogens with one attached hydrogen (secondary N) is 2. The number of hydrogen-bond acceptors (Lipinski definition) is 4. The molecular weight excluding hydrogens is 390 g/mol. The van der Waals surface area contributed by atoms with Crippen LogP contribution >= 0.6 is 11.3 Å². The third kappa shape index (κ3) is 6.25. The minimum absolute atomic E-state index is 0.0382. The monoisotopic (exact) mass is 421 g/mol. The minimum atomic E-state index is -0.0382. The van der Waals surface area contributed by atoms with Gasteiger partial charge in [-0.05, 0) is 42.5 Å². The smallest absolute Gasteiger partial charge is 0.231 e. The van der Waals surface area contributed by atoms with Crippen molar-refractivity contribution >= 4 is 22.9 Å². The molecule has 2 N–H and O–H groups in total. The number of carbonyl (C=O) groups is 1. The molecule has 30 heavy (non-hydrogen) atoms. The number of anilines is 1. The maximum absolute atomic E-state index is 12.3.